The number of rotatable bonds is 5. The molecule has 1 aromatic carbocycles. The predicted octanol–water partition coefficient (Wildman–Crippen LogP) is 0.397. The van der Waals surface area contributed by atoms with Crippen LogP contribution in [0.3, 0.4) is 0 Å². The summed E-state index contributed by atoms with van der Waals surface area (Å²) in [6.07, 6.45) is 1.14. The van der Waals surface area contributed by atoms with Crippen molar-refractivity contribution in [1.82, 2.24) is 4.90 Å². The van der Waals surface area contributed by atoms with E-state index < -0.39 is 9.84 Å². The van der Waals surface area contributed by atoms with Crippen molar-refractivity contribution in [2.24, 2.45) is 5.84 Å². The normalized spacial score (nSPS) is 11.2. The Morgan fingerprint density at radius 1 is 1.42 bits per heavy atom. The number of nitrogens with zero attached hydrogens (tertiary/aromatic N) is 1. The van der Waals surface area contributed by atoms with Crippen molar-refractivity contribution in [2.75, 3.05) is 31.0 Å². The molecule has 0 fully saturated rings. The molecule has 0 saturated heterocycles. The molecule has 106 valence electrons. The zero-order valence-corrected chi connectivity index (χ0v) is 12.1. The van der Waals surface area contributed by atoms with Gasteiger partial charge in [-0.15, -0.1) is 0 Å². The first-order valence-electron chi connectivity index (χ1n) is 5.75. The minimum atomic E-state index is -3.09. The van der Waals surface area contributed by atoms with Gasteiger partial charge in [0.25, 0.3) is 5.91 Å². The quantitative estimate of drug-likeness (QED) is 0.603. The van der Waals surface area contributed by atoms with Crippen molar-refractivity contribution in [3.05, 3.63) is 29.3 Å². The van der Waals surface area contributed by atoms with Gasteiger partial charge in [0.2, 0.25) is 0 Å². The third-order valence-electron chi connectivity index (χ3n) is 2.71. The summed E-state index contributed by atoms with van der Waals surface area (Å²) >= 11 is 0. The zero-order valence-electron chi connectivity index (χ0n) is 11.3. The van der Waals surface area contributed by atoms with Gasteiger partial charge < -0.3 is 10.3 Å². The topological polar surface area (TPSA) is 92.5 Å². The van der Waals surface area contributed by atoms with Gasteiger partial charge in [0, 0.05) is 19.8 Å². The van der Waals surface area contributed by atoms with E-state index in [1.54, 1.807) is 25.2 Å². The van der Waals surface area contributed by atoms with Gasteiger partial charge in [-0.2, -0.15) is 0 Å². The van der Waals surface area contributed by atoms with Crippen LogP contribution in [0.15, 0.2) is 18.2 Å². The Kier molecular flexibility index (Phi) is 4.90. The summed E-state index contributed by atoms with van der Waals surface area (Å²) in [5.41, 5.74) is 4.40. The van der Waals surface area contributed by atoms with Crippen LogP contribution in [0.2, 0.25) is 0 Å². The molecule has 0 radical (unpaired) electrons. The highest BCUT2D eigenvalue weighted by Crippen LogP contribution is 2.18. The molecule has 1 rings (SSSR count). The number of carbonyl (C=O) groups is 1. The molecule has 0 spiro atoms. The van der Waals surface area contributed by atoms with Crippen LogP contribution in [-0.2, 0) is 9.84 Å². The molecule has 3 N–H and O–H groups in total. The number of amides is 1. The molecule has 0 unspecified atom stereocenters. The Labute approximate surface area is 113 Å². The van der Waals surface area contributed by atoms with E-state index in [4.69, 9.17) is 5.84 Å². The lowest BCUT2D eigenvalue weighted by Gasteiger charge is -2.18. The summed E-state index contributed by atoms with van der Waals surface area (Å²) in [5, 5.41) is 0. The lowest BCUT2D eigenvalue weighted by atomic mass is 10.1. The number of aryl methyl sites for hydroxylation is 1. The van der Waals surface area contributed by atoms with Crippen LogP contribution in [0.5, 0.6) is 0 Å². The highest BCUT2D eigenvalue weighted by atomic mass is 32.2. The molecule has 19 heavy (non-hydrogen) atoms. The van der Waals surface area contributed by atoms with E-state index >= 15 is 0 Å². The van der Waals surface area contributed by atoms with Crippen LogP contribution < -0.4 is 11.3 Å². The standard InChI is InChI=1S/C12H19N3O3S/c1-9-4-5-10(11(8-9)14-13)12(16)15(2)6-7-19(3,17)18/h4-5,8,14H,6-7,13H2,1-3H3. The summed E-state index contributed by atoms with van der Waals surface area (Å²) in [6, 6.07) is 5.24. The molecule has 0 aliphatic rings. The van der Waals surface area contributed by atoms with Gasteiger partial charge in [-0.1, -0.05) is 6.07 Å². The van der Waals surface area contributed by atoms with Gasteiger partial charge in [0.15, 0.2) is 0 Å². The van der Waals surface area contributed by atoms with Gasteiger partial charge in [0.1, 0.15) is 9.84 Å². The Hall–Kier alpha value is -1.60. The highest BCUT2D eigenvalue weighted by molar-refractivity contribution is 7.90. The molecular weight excluding hydrogens is 266 g/mol. The first-order chi connectivity index (χ1) is 8.74. The second kappa shape index (κ2) is 6.03. The third kappa shape index (κ3) is 4.53. The first kappa shape index (κ1) is 15.5. The monoisotopic (exact) mass is 285 g/mol. The summed E-state index contributed by atoms with van der Waals surface area (Å²) in [4.78, 5) is 13.6. The molecule has 0 heterocycles. The number of hydrogen-bond donors (Lipinski definition) is 2. The molecule has 0 aromatic heterocycles. The number of anilines is 1. The van der Waals surface area contributed by atoms with Crippen LogP contribution in [0, 0.1) is 6.92 Å². The first-order valence-corrected chi connectivity index (χ1v) is 7.81. The summed E-state index contributed by atoms with van der Waals surface area (Å²) in [7, 11) is -1.53. The van der Waals surface area contributed by atoms with Crippen LogP contribution in [-0.4, -0.2) is 44.8 Å². The van der Waals surface area contributed by atoms with Crippen molar-refractivity contribution in [2.45, 2.75) is 6.92 Å². The zero-order chi connectivity index (χ0) is 14.6. The molecular formula is C12H19N3O3S. The molecule has 7 heteroatoms. The minimum absolute atomic E-state index is 0.0630. The van der Waals surface area contributed by atoms with Crippen LogP contribution in [0.1, 0.15) is 15.9 Å². The summed E-state index contributed by atoms with van der Waals surface area (Å²) in [6.45, 7) is 2.04. The maximum absolute atomic E-state index is 12.2. The Bertz CT molecular complexity index is 570. The van der Waals surface area contributed by atoms with E-state index in [1.807, 2.05) is 6.92 Å². The predicted molar refractivity (Wildman–Crippen MR) is 75.7 cm³/mol. The largest absolute Gasteiger partial charge is 0.341 e. The number of carbonyl (C=O) groups excluding carboxylic acids is 1. The lowest BCUT2D eigenvalue weighted by molar-refractivity contribution is 0.0804. The van der Waals surface area contributed by atoms with Crippen molar-refractivity contribution in [3.8, 4) is 0 Å². The Morgan fingerprint density at radius 2 is 2.05 bits per heavy atom. The number of sulfone groups is 1. The third-order valence-corrected chi connectivity index (χ3v) is 3.63. The molecule has 0 aliphatic carbocycles. The van der Waals surface area contributed by atoms with E-state index in [9.17, 15) is 13.2 Å². The molecule has 0 atom stereocenters. The number of nitrogens with two attached hydrogens (primary N) is 1. The minimum Gasteiger partial charge on any atom is -0.341 e. The van der Waals surface area contributed by atoms with E-state index in [0.717, 1.165) is 11.8 Å². The number of hydrazine groups is 1. The Balaban J connectivity index is 2.88. The average molecular weight is 285 g/mol. The number of benzene rings is 1. The number of nitrogen functional groups attached to an aromatic ring is 1. The molecule has 0 bridgehead atoms. The second-order valence-corrected chi connectivity index (χ2v) is 6.81. The molecule has 0 aliphatic heterocycles. The fourth-order valence-corrected chi connectivity index (χ4v) is 2.18. The SMILES string of the molecule is Cc1ccc(C(=O)N(C)CCS(C)(=O)=O)c(NN)c1. The van der Waals surface area contributed by atoms with Crippen LogP contribution in [0.25, 0.3) is 0 Å². The van der Waals surface area contributed by atoms with Gasteiger partial charge in [0.05, 0.1) is 17.0 Å². The fourth-order valence-electron chi connectivity index (χ4n) is 1.57. The van der Waals surface area contributed by atoms with E-state index in [2.05, 4.69) is 5.43 Å². The smallest absolute Gasteiger partial charge is 0.255 e. The van der Waals surface area contributed by atoms with E-state index in [1.165, 1.54) is 4.90 Å². The van der Waals surface area contributed by atoms with Crippen LogP contribution in [0.4, 0.5) is 5.69 Å². The maximum Gasteiger partial charge on any atom is 0.255 e. The highest BCUT2D eigenvalue weighted by Gasteiger charge is 2.16. The van der Waals surface area contributed by atoms with Crippen molar-refractivity contribution >= 4 is 21.4 Å². The van der Waals surface area contributed by atoms with Gasteiger partial charge in [-0.05, 0) is 24.6 Å². The van der Waals surface area contributed by atoms with Crippen molar-refractivity contribution in [1.29, 1.82) is 0 Å². The average Bonchev–Trinajstić information content (AvgIpc) is 2.34. The van der Waals surface area contributed by atoms with E-state index in [0.29, 0.717) is 11.3 Å². The maximum atomic E-state index is 12.2. The summed E-state index contributed by atoms with van der Waals surface area (Å²) in [5.74, 6) is 5.05. The number of hydrogen-bond acceptors (Lipinski definition) is 5. The van der Waals surface area contributed by atoms with Gasteiger partial charge >= 0.3 is 0 Å². The second-order valence-electron chi connectivity index (χ2n) is 4.55. The van der Waals surface area contributed by atoms with Gasteiger partial charge in [-0.3, -0.25) is 10.6 Å². The molecule has 1 amide bonds. The van der Waals surface area contributed by atoms with E-state index in [-0.39, 0.29) is 18.2 Å². The molecule has 0 saturated carbocycles. The fraction of sp³-hybridized carbons (Fsp3) is 0.417. The summed E-state index contributed by atoms with van der Waals surface area (Å²) < 4.78 is 22.2. The van der Waals surface area contributed by atoms with Crippen LogP contribution >= 0.6 is 0 Å². The Morgan fingerprint density at radius 3 is 2.58 bits per heavy atom. The number of nitrogens with one attached hydrogen (secondary N) is 1. The van der Waals surface area contributed by atoms with Crippen molar-refractivity contribution < 1.29 is 13.2 Å². The lowest BCUT2D eigenvalue weighted by Crippen LogP contribution is -2.32. The van der Waals surface area contributed by atoms with Gasteiger partial charge in [-0.25, -0.2) is 8.42 Å². The molecule has 6 nitrogen and oxygen atoms in total. The molecule has 1 aromatic rings. The van der Waals surface area contributed by atoms with Crippen molar-refractivity contribution in [3.63, 3.8) is 0 Å².